The molecule has 5 heteroatoms. The van der Waals surface area contributed by atoms with E-state index in [4.69, 9.17) is 4.74 Å². The van der Waals surface area contributed by atoms with Gasteiger partial charge in [-0.1, -0.05) is 60.7 Å². The number of hydrogen-bond acceptors (Lipinski definition) is 4. The lowest BCUT2D eigenvalue weighted by Gasteiger charge is -2.18. The average molecular weight is 430 g/mol. The van der Waals surface area contributed by atoms with Crippen molar-refractivity contribution in [3.8, 4) is 5.75 Å². The first-order valence-electron chi connectivity index (χ1n) is 10.0. The molecule has 0 aromatic heterocycles. The molecule has 0 saturated heterocycles. The van der Waals surface area contributed by atoms with Crippen molar-refractivity contribution in [2.75, 3.05) is 12.0 Å². The molecule has 31 heavy (non-hydrogen) atoms. The monoisotopic (exact) mass is 429 g/mol. The SMILES string of the molecule is COc1ccccc1C1=C(SCc2ccccc2)C(=O)N(c2cc(C)ccc2C)C1=O. The molecule has 2 amide bonds. The lowest BCUT2D eigenvalue weighted by molar-refractivity contribution is -0.119. The summed E-state index contributed by atoms with van der Waals surface area (Å²) in [7, 11) is 1.57. The van der Waals surface area contributed by atoms with Crippen LogP contribution in [0.25, 0.3) is 5.57 Å². The molecular formula is C26H23NO3S. The molecule has 3 aromatic carbocycles. The van der Waals surface area contributed by atoms with Gasteiger partial charge < -0.3 is 4.74 Å². The smallest absolute Gasteiger partial charge is 0.272 e. The highest BCUT2D eigenvalue weighted by Crippen LogP contribution is 2.42. The Bertz CT molecular complexity index is 1180. The van der Waals surface area contributed by atoms with E-state index in [1.165, 1.54) is 16.7 Å². The van der Waals surface area contributed by atoms with E-state index in [9.17, 15) is 9.59 Å². The van der Waals surface area contributed by atoms with Crippen LogP contribution in [-0.4, -0.2) is 18.9 Å². The van der Waals surface area contributed by atoms with Crippen molar-refractivity contribution in [2.24, 2.45) is 0 Å². The predicted molar refractivity (Wildman–Crippen MR) is 126 cm³/mol. The molecule has 156 valence electrons. The fourth-order valence-corrected chi connectivity index (χ4v) is 4.70. The zero-order chi connectivity index (χ0) is 22.0. The van der Waals surface area contributed by atoms with Crippen molar-refractivity contribution in [1.82, 2.24) is 0 Å². The highest BCUT2D eigenvalue weighted by molar-refractivity contribution is 8.03. The predicted octanol–water partition coefficient (Wildman–Crippen LogP) is 5.53. The van der Waals surface area contributed by atoms with Gasteiger partial charge in [0.15, 0.2) is 0 Å². The lowest BCUT2D eigenvalue weighted by Crippen LogP contribution is -2.32. The van der Waals surface area contributed by atoms with Crippen LogP contribution in [0.1, 0.15) is 22.3 Å². The first-order chi connectivity index (χ1) is 15.0. The van der Waals surface area contributed by atoms with Crippen molar-refractivity contribution < 1.29 is 14.3 Å². The van der Waals surface area contributed by atoms with E-state index >= 15 is 0 Å². The molecule has 0 saturated carbocycles. The van der Waals surface area contributed by atoms with Gasteiger partial charge >= 0.3 is 0 Å². The summed E-state index contributed by atoms with van der Waals surface area (Å²) in [5.74, 6) is 0.549. The second-order valence-electron chi connectivity index (χ2n) is 7.41. The van der Waals surface area contributed by atoms with Crippen LogP contribution in [-0.2, 0) is 15.3 Å². The molecule has 4 rings (SSSR count). The lowest BCUT2D eigenvalue weighted by atomic mass is 10.0. The number of imide groups is 1. The fraction of sp³-hybridized carbons (Fsp3) is 0.154. The summed E-state index contributed by atoms with van der Waals surface area (Å²) >= 11 is 1.39. The van der Waals surface area contributed by atoms with Gasteiger partial charge in [0.05, 0.1) is 23.3 Å². The maximum atomic E-state index is 13.6. The minimum Gasteiger partial charge on any atom is -0.496 e. The third-order valence-electron chi connectivity index (χ3n) is 5.25. The number of para-hydroxylation sites is 1. The van der Waals surface area contributed by atoms with Gasteiger partial charge in [-0.2, -0.15) is 0 Å². The van der Waals surface area contributed by atoms with Crippen LogP contribution < -0.4 is 9.64 Å². The van der Waals surface area contributed by atoms with Crippen LogP contribution in [0.5, 0.6) is 5.75 Å². The van der Waals surface area contributed by atoms with Gasteiger partial charge in [0.1, 0.15) is 5.75 Å². The summed E-state index contributed by atoms with van der Waals surface area (Å²) in [4.78, 5) is 29.0. The third-order valence-corrected chi connectivity index (χ3v) is 6.39. The van der Waals surface area contributed by atoms with Gasteiger partial charge in [0.25, 0.3) is 11.8 Å². The Kier molecular flexibility index (Phi) is 5.96. The van der Waals surface area contributed by atoms with Crippen molar-refractivity contribution in [2.45, 2.75) is 19.6 Å². The van der Waals surface area contributed by atoms with Gasteiger partial charge in [-0.25, -0.2) is 4.90 Å². The summed E-state index contributed by atoms with van der Waals surface area (Å²) in [6.45, 7) is 3.86. The normalized spacial score (nSPS) is 13.8. The number of nitrogens with zero attached hydrogens (tertiary/aromatic N) is 1. The number of carbonyl (C=O) groups is 2. The summed E-state index contributed by atoms with van der Waals surface area (Å²) < 4.78 is 5.51. The molecule has 4 nitrogen and oxygen atoms in total. The largest absolute Gasteiger partial charge is 0.496 e. The minimum absolute atomic E-state index is 0.291. The van der Waals surface area contributed by atoms with E-state index in [1.54, 1.807) is 13.2 Å². The van der Waals surface area contributed by atoms with Crippen LogP contribution in [0.15, 0.2) is 77.7 Å². The number of hydrogen-bond donors (Lipinski definition) is 0. The first kappa shape index (κ1) is 20.9. The van der Waals surface area contributed by atoms with E-state index in [-0.39, 0.29) is 11.8 Å². The van der Waals surface area contributed by atoms with Gasteiger partial charge in [0.2, 0.25) is 0 Å². The van der Waals surface area contributed by atoms with Gasteiger partial charge in [-0.05, 0) is 42.7 Å². The second-order valence-corrected chi connectivity index (χ2v) is 8.40. The molecule has 0 fully saturated rings. The quantitative estimate of drug-likeness (QED) is 0.484. The number of aryl methyl sites for hydroxylation is 2. The second kappa shape index (κ2) is 8.82. The maximum absolute atomic E-state index is 13.6. The fourth-order valence-electron chi connectivity index (χ4n) is 3.64. The standard InChI is InChI=1S/C26H23NO3S/c1-17-13-14-18(2)21(15-17)27-25(28)23(20-11-7-8-12-22(20)30-3)24(26(27)29)31-16-19-9-5-4-6-10-19/h4-15H,16H2,1-3H3. The number of benzene rings is 3. The van der Waals surface area contributed by atoms with Crippen molar-refractivity contribution in [3.63, 3.8) is 0 Å². The zero-order valence-corrected chi connectivity index (χ0v) is 18.5. The molecule has 0 bridgehead atoms. The molecule has 1 heterocycles. The summed E-state index contributed by atoms with van der Waals surface area (Å²) in [6.07, 6.45) is 0. The number of thioether (sulfide) groups is 1. The Morgan fingerprint density at radius 1 is 0.871 bits per heavy atom. The van der Waals surface area contributed by atoms with E-state index in [0.29, 0.717) is 33.2 Å². The third kappa shape index (κ3) is 4.01. The van der Waals surface area contributed by atoms with Gasteiger partial charge in [0, 0.05) is 11.3 Å². The van der Waals surface area contributed by atoms with E-state index in [0.717, 1.165) is 16.7 Å². The number of methoxy groups -OCH3 is 1. The number of rotatable bonds is 6. The summed E-state index contributed by atoms with van der Waals surface area (Å²) in [5.41, 5.74) is 4.60. The number of carbonyl (C=O) groups excluding carboxylic acids is 2. The topological polar surface area (TPSA) is 46.6 Å². The molecule has 0 spiro atoms. The van der Waals surface area contributed by atoms with Crippen molar-refractivity contribution >= 4 is 34.8 Å². The molecular weight excluding hydrogens is 406 g/mol. The average Bonchev–Trinajstić information content (AvgIpc) is 3.03. The molecule has 3 aromatic rings. The molecule has 1 aliphatic rings. The Morgan fingerprint density at radius 2 is 1.58 bits per heavy atom. The number of anilines is 1. The summed E-state index contributed by atoms with van der Waals surface area (Å²) in [5, 5.41) is 0. The molecule has 0 aliphatic carbocycles. The highest BCUT2D eigenvalue weighted by atomic mass is 32.2. The van der Waals surface area contributed by atoms with Crippen molar-refractivity contribution in [1.29, 1.82) is 0 Å². The van der Waals surface area contributed by atoms with Gasteiger partial charge in [-0.3, -0.25) is 9.59 Å². The maximum Gasteiger partial charge on any atom is 0.272 e. The van der Waals surface area contributed by atoms with Crippen LogP contribution in [0.3, 0.4) is 0 Å². The van der Waals surface area contributed by atoms with Crippen LogP contribution in [0.4, 0.5) is 5.69 Å². The van der Waals surface area contributed by atoms with Gasteiger partial charge in [-0.15, -0.1) is 11.8 Å². The Labute approximate surface area is 186 Å². The van der Waals surface area contributed by atoms with E-state index in [2.05, 4.69) is 0 Å². The summed E-state index contributed by atoms with van der Waals surface area (Å²) in [6, 6.07) is 23.1. The molecule has 0 N–H and O–H groups in total. The molecule has 0 radical (unpaired) electrons. The van der Waals surface area contributed by atoms with Crippen LogP contribution >= 0.6 is 11.8 Å². The molecule has 0 atom stereocenters. The number of ether oxygens (including phenoxy) is 1. The Morgan fingerprint density at radius 3 is 2.32 bits per heavy atom. The molecule has 1 aliphatic heterocycles. The zero-order valence-electron chi connectivity index (χ0n) is 17.7. The van der Waals surface area contributed by atoms with E-state index < -0.39 is 0 Å². The minimum atomic E-state index is -0.321. The Hall–Kier alpha value is -3.31. The van der Waals surface area contributed by atoms with Crippen LogP contribution in [0.2, 0.25) is 0 Å². The number of amides is 2. The Balaban J connectivity index is 1.82. The van der Waals surface area contributed by atoms with Crippen molar-refractivity contribution in [3.05, 3.63) is 100.0 Å². The molecule has 0 unspecified atom stereocenters. The van der Waals surface area contributed by atoms with E-state index in [1.807, 2.05) is 80.6 Å². The van der Waals surface area contributed by atoms with Crippen LogP contribution in [0, 0.1) is 13.8 Å². The first-order valence-corrected chi connectivity index (χ1v) is 11.0. The highest BCUT2D eigenvalue weighted by Gasteiger charge is 2.41.